The Morgan fingerprint density at radius 3 is 1.80 bits per heavy atom. The van der Waals surface area contributed by atoms with Crippen LogP contribution in [-0.4, -0.2) is 16.3 Å². The van der Waals surface area contributed by atoms with Gasteiger partial charge in [0.1, 0.15) is 36.6 Å². The average Bonchev–Trinajstić information content (AvgIpc) is 3.47. The minimum absolute atomic E-state index is 0.105. The van der Waals surface area contributed by atoms with Gasteiger partial charge in [-0.05, 0) is 81.8 Å². The van der Waals surface area contributed by atoms with E-state index >= 15 is 0 Å². The van der Waals surface area contributed by atoms with E-state index in [0.717, 1.165) is 0 Å². The zero-order chi connectivity index (χ0) is 28.6. The molecule has 2 aliphatic rings. The molecule has 0 saturated heterocycles. The Kier molecular flexibility index (Phi) is 6.40. The summed E-state index contributed by atoms with van der Waals surface area (Å²) in [4.78, 5) is 14.9. The highest BCUT2D eigenvalue weighted by atomic mass is 19.4. The molecule has 0 aliphatic heterocycles. The highest BCUT2D eigenvalue weighted by Crippen LogP contribution is 2.40. The van der Waals surface area contributed by atoms with Gasteiger partial charge >= 0.3 is 12.2 Å². The van der Waals surface area contributed by atoms with Crippen LogP contribution in [0.2, 0.25) is 0 Å². The molecule has 0 spiro atoms. The van der Waals surface area contributed by atoms with E-state index in [4.69, 9.17) is 13.1 Å². The van der Waals surface area contributed by atoms with Crippen molar-refractivity contribution in [1.29, 1.82) is 10.5 Å². The molecule has 0 amide bonds. The molecule has 2 aromatic heterocycles. The number of nitriles is 2. The molecule has 0 radical (unpaired) electrons. The molecule has 192 valence electrons. The van der Waals surface area contributed by atoms with E-state index in [-0.39, 0.29) is 29.5 Å². The predicted molar refractivity (Wildman–Crippen MR) is 138 cm³/mol. The Morgan fingerprint density at radius 1 is 0.850 bits per heavy atom. The molecule has 0 atom stereocenters. The molecule has 2 aliphatic carbocycles. The van der Waals surface area contributed by atoms with Crippen molar-refractivity contribution in [2.45, 2.75) is 26.1 Å². The van der Waals surface area contributed by atoms with Gasteiger partial charge in [-0.3, -0.25) is 9.97 Å². The third kappa shape index (κ3) is 4.15. The number of halogens is 3. The van der Waals surface area contributed by atoms with Crippen LogP contribution in [0.3, 0.4) is 0 Å². The lowest BCUT2D eigenvalue weighted by Gasteiger charge is -2.17. The summed E-state index contributed by atoms with van der Waals surface area (Å²) in [7, 11) is 0. The first-order valence-corrected chi connectivity index (χ1v) is 11.8. The summed E-state index contributed by atoms with van der Waals surface area (Å²) in [6.07, 6.45) is 0.934. The van der Waals surface area contributed by atoms with E-state index in [1.54, 1.807) is 55.7 Å². The summed E-state index contributed by atoms with van der Waals surface area (Å²) in [6, 6.07) is 10.1. The SMILES string of the molecule is [C-]#[N+]C([N+]#[C-])=C1Cc2c(-c3ccncc3)c3c(c(-c4ccncc4)c2=C1C)CC(=C(C#N)C#N)C=3OC(F)(F)F. The first kappa shape index (κ1) is 25.9. The van der Waals surface area contributed by atoms with Gasteiger partial charge in [-0.25, -0.2) is 0 Å². The standard InChI is InChI=1S/C30H15F3N6O/c1-16-20(29(36-2)37-3)12-22-24(16)25(17-4-8-38-9-5-17)23-13-21(19(14-34)15-35)28(40-30(31,32)33)27(23)26(22)18-6-10-39-11-7-18/h4-11H,12-13H2,1H3. The first-order valence-electron chi connectivity index (χ1n) is 11.8. The largest absolute Gasteiger partial charge is 0.573 e. The van der Waals surface area contributed by atoms with Gasteiger partial charge in [0.2, 0.25) is 0 Å². The number of ether oxygens (including phenoxy) is 1. The quantitative estimate of drug-likeness (QED) is 0.345. The Bertz CT molecular complexity index is 1920. The van der Waals surface area contributed by atoms with Gasteiger partial charge in [0.15, 0.2) is 0 Å². The zero-order valence-electron chi connectivity index (χ0n) is 20.8. The van der Waals surface area contributed by atoms with Crippen molar-refractivity contribution in [3.63, 3.8) is 0 Å². The molecule has 5 rings (SSSR count). The lowest BCUT2D eigenvalue weighted by Crippen LogP contribution is -2.26. The number of fused-ring (bicyclic) bond motifs is 2. The molecule has 0 saturated carbocycles. The van der Waals surface area contributed by atoms with E-state index in [0.29, 0.717) is 49.7 Å². The highest BCUT2D eigenvalue weighted by molar-refractivity contribution is 5.91. The number of aromatic nitrogens is 2. The maximum absolute atomic E-state index is 13.9. The van der Waals surface area contributed by atoms with Gasteiger partial charge < -0.3 is 4.74 Å². The number of hydrogen-bond acceptors (Lipinski definition) is 5. The summed E-state index contributed by atoms with van der Waals surface area (Å²) in [5, 5.41) is 20.1. The van der Waals surface area contributed by atoms with Gasteiger partial charge in [0.05, 0.1) is 5.57 Å². The Hall–Kier alpha value is -5.71. The smallest absolute Gasteiger partial charge is 0.405 e. The average molecular weight is 532 g/mol. The maximum atomic E-state index is 13.9. The molecule has 7 nitrogen and oxygen atoms in total. The number of hydrogen-bond donors (Lipinski definition) is 0. The number of pyridine rings is 2. The molecule has 0 unspecified atom stereocenters. The van der Waals surface area contributed by atoms with Crippen molar-refractivity contribution in [3.8, 4) is 34.4 Å². The summed E-state index contributed by atoms with van der Waals surface area (Å²) in [5.41, 5.74) is 3.67. The van der Waals surface area contributed by atoms with Gasteiger partial charge in [-0.15, -0.1) is 13.2 Å². The van der Waals surface area contributed by atoms with Crippen LogP contribution in [0.1, 0.15) is 18.1 Å². The third-order valence-corrected chi connectivity index (χ3v) is 6.91. The van der Waals surface area contributed by atoms with Gasteiger partial charge in [-0.2, -0.15) is 20.2 Å². The van der Waals surface area contributed by atoms with Crippen molar-refractivity contribution >= 4 is 11.3 Å². The van der Waals surface area contributed by atoms with Gasteiger partial charge in [0, 0.05) is 42.0 Å². The molecule has 2 heterocycles. The van der Waals surface area contributed by atoms with Crippen LogP contribution in [0.15, 0.2) is 71.6 Å². The third-order valence-electron chi connectivity index (χ3n) is 6.91. The fourth-order valence-electron chi connectivity index (χ4n) is 5.41. The minimum Gasteiger partial charge on any atom is -0.405 e. The monoisotopic (exact) mass is 532 g/mol. The second kappa shape index (κ2) is 9.87. The summed E-state index contributed by atoms with van der Waals surface area (Å²) in [5.74, 6) is -0.737. The topological polar surface area (TPSA) is 91.3 Å². The number of nitrogens with zero attached hydrogens (tertiary/aromatic N) is 6. The summed E-state index contributed by atoms with van der Waals surface area (Å²) >= 11 is 0. The van der Waals surface area contributed by atoms with Crippen molar-refractivity contribution < 1.29 is 17.9 Å². The van der Waals surface area contributed by atoms with E-state index in [1.807, 2.05) is 0 Å². The van der Waals surface area contributed by atoms with Crippen molar-refractivity contribution in [2.24, 2.45) is 0 Å². The van der Waals surface area contributed by atoms with E-state index in [2.05, 4.69) is 24.4 Å². The minimum atomic E-state index is -5.11. The predicted octanol–water partition coefficient (Wildman–Crippen LogP) is 5.13. The van der Waals surface area contributed by atoms with E-state index in [9.17, 15) is 23.7 Å². The molecule has 10 heteroatoms. The van der Waals surface area contributed by atoms with Crippen molar-refractivity contribution in [2.75, 3.05) is 0 Å². The first-order chi connectivity index (χ1) is 19.2. The van der Waals surface area contributed by atoms with Gasteiger partial charge in [-0.1, -0.05) is 0 Å². The lowest BCUT2D eigenvalue weighted by atomic mass is 9.87. The fourth-order valence-corrected chi connectivity index (χ4v) is 5.41. The van der Waals surface area contributed by atoms with Crippen LogP contribution >= 0.6 is 0 Å². The number of alkyl halides is 3. The molecule has 3 aromatic rings. The zero-order valence-corrected chi connectivity index (χ0v) is 20.8. The molecule has 0 N–H and O–H groups in total. The second-order valence-corrected chi connectivity index (χ2v) is 8.89. The van der Waals surface area contributed by atoms with Crippen LogP contribution < -0.4 is 10.4 Å². The Labute approximate surface area is 226 Å². The van der Waals surface area contributed by atoms with E-state index < -0.39 is 17.7 Å². The molecular weight excluding hydrogens is 517 g/mol. The van der Waals surface area contributed by atoms with Crippen molar-refractivity contribution in [1.82, 2.24) is 9.97 Å². The van der Waals surface area contributed by atoms with Crippen LogP contribution in [-0.2, 0) is 17.6 Å². The Balaban J connectivity index is 2.12. The van der Waals surface area contributed by atoms with Crippen LogP contribution in [0, 0.1) is 35.8 Å². The summed E-state index contributed by atoms with van der Waals surface area (Å²) in [6.45, 7) is 16.9. The van der Waals surface area contributed by atoms with Crippen LogP contribution in [0.5, 0.6) is 0 Å². The van der Waals surface area contributed by atoms with Crippen LogP contribution in [0.4, 0.5) is 13.2 Å². The van der Waals surface area contributed by atoms with Gasteiger partial charge in [0.25, 0.3) is 0 Å². The van der Waals surface area contributed by atoms with E-state index in [1.165, 1.54) is 12.4 Å². The molecule has 1 aromatic carbocycles. The second-order valence-electron chi connectivity index (χ2n) is 8.89. The van der Waals surface area contributed by atoms with Crippen LogP contribution in [0.25, 0.3) is 43.3 Å². The normalized spacial score (nSPS) is 13.5. The number of allylic oxidation sites excluding steroid dienone is 2. The lowest BCUT2D eigenvalue weighted by molar-refractivity contribution is -0.290. The Morgan fingerprint density at radius 2 is 1.32 bits per heavy atom. The summed E-state index contributed by atoms with van der Waals surface area (Å²) < 4.78 is 46.2. The number of rotatable bonds is 3. The maximum Gasteiger partial charge on any atom is 0.573 e. The van der Waals surface area contributed by atoms with Crippen molar-refractivity contribution in [3.05, 3.63) is 116 Å². The molecule has 40 heavy (non-hydrogen) atoms. The molecular formula is C30H15F3N6O. The molecule has 0 fully saturated rings. The molecule has 0 bridgehead atoms. The number of benzene rings is 1. The highest BCUT2D eigenvalue weighted by Gasteiger charge is 2.40. The fraction of sp³-hybridized carbons (Fsp3) is 0.133.